The number of nitrogens with one attached hydrogen (secondary N) is 1. The zero-order valence-electron chi connectivity index (χ0n) is 9.24. The van der Waals surface area contributed by atoms with Crippen LogP contribution in [-0.2, 0) is 13.1 Å². The Balaban J connectivity index is 2.88. The molecule has 80 valence electrons. The highest BCUT2D eigenvalue weighted by Gasteiger charge is 2.07. The lowest BCUT2D eigenvalue weighted by Crippen LogP contribution is -2.17. The predicted octanol–water partition coefficient (Wildman–Crippen LogP) is 1.66. The molecule has 1 heterocycles. The van der Waals surface area contributed by atoms with Gasteiger partial charge in [-0.15, -0.1) is 0 Å². The zero-order valence-corrected chi connectivity index (χ0v) is 10.1. The van der Waals surface area contributed by atoms with E-state index in [4.69, 9.17) is 12.2 Å². The molecule has 0 aliphatic carbocycles. The lowest BCUT2D eigenvalue weighted by Gasteiger charge is -2.12. The predicted molar refractivity (Wildman–Crippen MR) is 59.6 cm³/mol. The molecule has 0 aromatic carbocycles. The van der Waals surface area contributed by atoms with Crippen LogP contribution >= 0.6 is 12.2 Å². The van der Waals surface area contributed by atoms with E-state index in [0.29, 0.717) is 5.92 Å². The summed E-state index contributed by atoms with van der Waals surface area (Å²) in [4.78, 5) is 2.09. The minimum atomic E-state index is 0.584. The van der Waals surface area contributed by atoms with Gasteiger partial charge in [-0.25, -0.2) is 0 Å². The molecule has 0 bridgehead atoms. The van der Waals surface area contributed by atoms with Gasteiger partial charge in [0.05, 0.1) is 6.54 Å². The molecule has 1 N–H and O–H groups in total. The third kappa shape index (κ3) is 2.92. The normalized spacial score (nSPS) is 11.6. The summed E-state index contributed by atoms with van der Waals surface area (Å²) in [5.41, 5.74) is 0. The lowest BCUT2D eigenvalue weighted by atomic mass is 10.2. The van der Waals surface area contributed by atoms with Crippen LogP contribution in [0.2, 0.25) is 0 Å². The molecule has 0 amide bonds. The number of H-pyrrole nitrogens is 1. The third-order valence-corrected chi connectivity index (χ3v) is 2.15. The molecule has 0 saturated heterocycles. The molecule has 0 radical (unpaired) electrons. The number of aromatic nitrogens is 3. The first-order chi connectivity index (χ1) is 6.50. The highest BCUT2D eigenvalue weighted by atomic mass is 32.1. The van der Waals surface area contributed by atoms with Crippen molar-refractivity contribution < 1.29 is 0 Å². The van der Waals surface area contributed by atoms with Crippen molar-refractivity contribution in [1.29, 1.82) is 0 Å². The number of hydrogen-bond donors (Lipinski definition) is 1. The second kappa shape index (κ2) is 4.70. The van der Waals surface area contributed by atoms with Gasteiger partial charge in [0.1, 0.15) is 5.82 Å². The molecule has 1 aromatic rings. The largest absolute Gasteiger partial charge is 0.303 e. The summed E-state index contributed by atoms with van der Waals surface area (Å²) in [5, 5.41) is 7.05. The van der Waals surface area contributed by atoms with Crippen LogP contribution in [0.1, 0.15) is 19.7 Å². The summed E-state index contributed by atoms with van der Waals surface area (Å²) in [6, 6.07) is 0. The number of nitrogens with zero attached hydrogens (tertiary/aromatic N) is 3. The first kappa shape index (κ1) is 11.4. The molecule has 0 fully saturated rings. The van der Waals surface area contributed by atoms with Crippen LogP contribution in [0.4, 0.5) is 0 Å². The van der Waals surface area contributed by atoms with Crippen molar-refractivity contribution in [1.82, 2.24) is 19.7 Å². The Kier molecular flexibility index (Phi) is 3.83. The van der Waals surface area contributed by atoms with Crippen LogP contribution in [-0.4, -0.2) is 33.8 Å². The van der Waals surface area contributed by atoms with Crippen LogP contribution in [0.25, 0.3) is 0 Å². The number of rotatable bonds is 4. The van der Waals surface area contributed by atoms with Crippen molar-refractivity contribution in [3.05, 3.63) is 10.6 Å². The Labute approximate surface area is 89.9 Å². The van der Waals surface area contributed by atoms with Crippen molar-refractivity contribution in [3.8, 4) is 0 Å². The summed E-state index contributed by atoms with van der Waals surface area (Å²) in [6.07, 6.45) is 0. The maximum Gasteiger partial charge on any atom is 0.195 e. The first-order valence-corrected chi connectivity index (χ1v) is 5.20. The van der Waals surface area contributed by atoms with Gasteiger partial charge in [0.15, 0.2) is 4.77 Å². The van der Waals surface area contributed by atoms with Crippen molar-refractivity contribution in [3.63, 3.8) is 0 Å². The summed E-state index contributed by atoms with van der Waals surface area (Å²) in [5.74, 6) is 1.59. The van der Waals surface area contributed by atoms with E-state index < -0.39 is 0 Å². The fourth-order valence-corrected chi connectivity index (χ4v) is 1.53. The van der Waals surface area contributed by atoms with Crippen LogP contribution in [0.15, 0.2) is 0 Å². The highest BCUT2D eigenvalue weighted by Crippen LogP contribution is 2.05. The Morgan fingerprint density at radius 2 is 2.14 bits per heavy atom. The van der Waals surface area contributed by atoms with Gasteiger partial charge in [-0.05, 0) is 32.2 Å². The first-order valence-electron chi connectivity index (χ1n) is 4.79. The quantitative estimate of drug-likeness (QED) is 0.774. The van der Waals surface area contributed by atoms with Crippen LogP contribution in [0.3, 0.4) is 0 Å². The van der Waals surface area contributed by atoms with Crippen LogP contribution in [0, 0.1) is 10.7 Å². The van der Waals surface area contributed by atoms with E-state index >= 15 is 0 Å². The standard InChI is InChI=1S/C9H18N4S/c1-7(2)5-13-8(6-12(3)4)10-11-9(13)14/h7H,5-6H2,1-4H3,(H,11,14). The minimum Gasteiger partial charge on any atom is -0.303 e. The van der Waals surface area contributed by atoms with Crippen molar-refractivity contribution >= 4 is 12.2 Å². The van der Waals surface area contributed by atoms with Gasteiger partial charge in [0.25, 0.3) is 0 Å². The Hall–Kier alpha value is -0.680. The third-order valence-electron chi connectivity index (χ3n) is 1.84. The second-order valence-corrected chi connectivity index (χ2v) is 4.57. The van der Waals surface area contributed by atoms with Crippen molar-refractivity contribution in [2.75, 3.05) is 14.1 Å². The molecule has 0 aliphatic rings. The average molecular weight is 214 g/mol. The Morgan fingerprint density at radius 1 is 1.50 bits per heavy atom. The fourth-order valence-electron chi connectivity index (χ4n) is 1.31. The molecule has 5 heteroatoms. The molecule has 14 heavy (non-hydrogen) atoms. The molecular weight excluding hydrogens is 196 g/mol. The number of hydrogen-bond acceptors (Lipinski definition) is 3. The maximum absolute atomic E-state index is 5.17. The van der Waals surface area contributed by atoms with E-state index in [9.17, 15) is 0 Å². The van der Waals surface area contributed by atoms with E-state index in [0.717, 1.165) is 23.7 Å². The van der Waals surface area contributed by atoms with E-state index in [1.54, 1.807) is 0 Å². The molecule has 1 rings (SSSR count). The van der Waals surface area contributed by atoms with Crippen molar-refractivity contribution in [2.24, 2.45) is 5.92 Å². The zero-order chi connectivity index (χ0) is 10.7. The molecule has 0 atom stereocenters. The van der Waals surface area contributed by atoms with Gasteiger partial charge in [-0.2, -0.15) is 5.10 Å². The van der Waals surface area contributed by atoms with Gasteiger partial charge >= 0.3 is 0 Å². The van der Waals surface area contributed by atoms with E-state index in [1.807, 2.05) is 14.1 Å². The van der Waals surface area contributed by atoms with E-state index in [-0.39, 0.29) is 0 Å². The van der Waals surface area contributed by atoms with Crippen LogP contribution in [0.5, 0.6) is 0 Å². The summed E-state index contributed by atoms with van der Waals surface area (Å²) < 4.78 is 2.79. The minimum absolute atomic E-state index is 0.584. The monoisotopic (exact) mass is 214 g/mol. The molecule has 0 saturated carbocycles. The molecular formula is C9H18N4S. The molecule has 0 unspecified atom stereocenters. The number of aromatic amines is 1. The highest BCUT2D eigenvalue weighted by molar-refractivity contribution is 7.71. The Bertz CT molecular complexity index is 337. The maximum atomic E-state index is 5.17. The van der Waals surface area contributed by atoms with Gasteiger partial charge < -0.3 is 9.47 Å². The van der Waals surface area contributed by atoms with E-state index in [1.165, 1.54) is 0 Å². The van der Waals surface area contributed by atoms with Gasteiger partial charge in [-0.1, -0.05) is 13.8 Å². The Morgan fingerprint density at radius 3 is 2.64 bits per heavy atom. The fraction of sp³-hybridized carbons (Fsp3) is 0.778. The summed E-state index contributed by atoms with van der Waals surface area (Å²) in [7, 11) is 4.05. The van der Waals surface area contributed by atoms with Crippen LogP contribution < -0.4 is 0 Å². The van der Waals surface area contributed by atoms with Gasteiger partial charge in [-0.3, -0.25) is 5.10 Å². The summed E-state index contributed by atoms with van der Waals surface area (Å²) >= 11 is 5.17. The summed E-state index contributed by atoms with van der Waals surface area (Å²) in [6.45, 7) is 6.10. The second-order valence-electron chi connectivity index (χ2n) is 4.19. The SMILES string of the molecule is CC(C)Cn1c(CN(C)C)n[nH]c1=S. The smallest absolute Gasteiger partial charge is 0.195 e. The average Bonchev–Trinajstić information content (AvgIpc) is 2.34. The molecule has 1 aromatic heterocycles. The lowest BCUT2D eigenvalue weighted by molar-refractivity contribution is 0.372. The molecule has 0 spiro atoms. The van der Waals surface area contributed by atoms with Gasteiger partial charge in [0.2, 0.25) is 0 Å². The van der Waals surface area contributed by atoms with Gasteiger partial charge in [0, 0.05) is 6.54 Å². The molecule has 0 aliphatic heterocycles. The van der Waals surface area contributed by atoms with E-state index in [2.05, 4.69) is 33.5 Å². The topological polar surface area (TPSA) is 36.9 Å². The van der Waals surface area contributed by atoms with Crippen molar-refractivity contribution in [2.45, 2.75) is 26.9 Å². The molecule has 4 nitrogen and oxygen atoms in total.